The molecule has 2 aliphatic heterocycles. The average molecular weight is 539 g/mol. The van der Waals surface area contributed by atoms with E-state index in [1.165, 1.54) is 11.3 Å². The third-order valence-corrected chi connectivity index (χ3v) is 7.30. The van der Waals surface area contributed by atoms with E-state index >= 15 is 0 Å². The Morgan fingerprint density at radius 3 is 2.42 bits per heavy atom. The fourth-order valence-electron chi connectivity index (χ4n) is 4.80. The summed E-state index contributed by atoms with van der Waals surface area (Å²) in [4.78, 5) is 44.9. The number of benzene rings is 1. The molecular formula is C23H30IN3O4. The van der Waals surface area contributed by atoms with Gasteiger partial charge in [0, 0.05) is 35.7 Å². The monoisotopic (exact) mass is 539 g/mol. The summed E-state index contributed by atoms with van der Waals surface area (Å²) in [5, 5.41) is 0. The first-order valence-electron chi connectivity index (χ1n) is 11.3. The minimum Gasteiger partial charge on any atom is -0.379 e. The van der Waals surface area contributed by atoms with Crippen molar-refractivity contribution in [3.8, 4) is 0 Å². The van der Waals surface area contributed by atoms with Crippen LogP contribution in [0.4, 0.5) is 5.69 Å². The van der Waals surface area contributed by atoms with Crippen molar-refractivity contribution in [2.24, 2.45) is 5.92 Å². The Morgan fingerprint density at radius 2 is 1.74 bits per heavy atom. The molecule has 1 saturated carbocycles. The fraction of sp³-hybridized carbons (Fsp3) is 0.609. The van der Waals surface area contributed by atoms with Crippen LogP contribution in [0.5, 0.6) is 0 Å². The molecule has 0 radical (unpaired) electrons. The van der Waals surface area contributed by atoms with Crippen molar-refractivity contribution in [2.75, 3.05) is 44.3 Å². The Morgan fingerprint density at radius 1 is 1.06 bits per heavy atom. The predicted molar refractivity (Wildman–Crippen MR) is 126 cm³/mol. The quantitative estimate of drug-likeness (QED) is 0.411. The molecule has 2 heterocycles. The minimum atomic E-state index is -0.706. The highest BCUT2D eigenvalue weighted by molar-refractivity contribution is 14.1. The molecule has 1 unspecified atom stereocenters. The molecule has 3 fully saturated rings. The Hall–Kier alpha value is -1.52. The van der Waals surface area contributed by atoms with Crippen LogP contribution in [-0.2, 0) is 19.1 Å². The van der Waals surface area contributed by atoms with Crippen LogP contribution in [-0.4, -0.2) is 73.0 Å². The third kappa shape index (κ3) is 5.28. The number of amides is 3. The van der Waals surface area contributed by atoms with E-state index in [2.05, 4.69) is 27.5 Å². The van der Waals surface area contributed by atoms with E-state index in [0.29, 0.717) is 32.0 Å². The molecule has 0 spiro atoms. The van der Waals surface area contributed by atoms with Gasteiger partial charge in [-0.15, -0.1) is 0 Å². The molecule has 1 aliphatic carbocycles. The number of morpholine rings is 1. The van der Waals surface area contributed by atoms with Gasteiger partial charge in [0.05, 0.1) is 25.3 Å². The molecule has 3 amide bonds. The van der Waals surface area contributed by atoms with Gasteiger partial charge in [0.2, 0.25) is 11.8 Å². The molecule has 1 aromatic rings. The number of hydrogen-bond donors (Lipinski definition) is 0. The van der Waals surface area contributed by atoms with E-state index in [4.69, 9.17) is 4.74 Å². The lowest BCUT2D eigenvalue weighted by atomic mass is 9.88. The van der Waals surface area contributed by atoms with Crippen LogP contribution in [0.15, 0.2) is 24.3 Å². The Kier molecular flexibility index (Phi) is 7.60. The lowest BCUT2D eigenvalue weighted by Crippen LogP contribution is -2.51. The molecule has 1 atom stereocenters. The first kappa shape index (κ1) is 22.7. The topological polar surface area (TPSA) is 70.2 Å². The average Bonchev–Trinajstić information content (AvgIpc) is 3.09. The first-order chi connectivity index (χ1) is 15.0. The van der Waals surface area contributed by atoms with E-state index in [9.17, 15) is 14.4 Å². The second kappa shape index (κ2) is 10.4. The Balaban J connectivity index is 1.52. The van der Waals surface area contributed by atoms with Crippen LogP contribution in [0.2, 0.25) is 0 Å². The van der Waals surface area contributed by atoms with Crippen LogP contribution < -0.4 is 4.90 Å². The van der Waals surface area contributed by atoms with Gasteiger partial charge in [0.1, 0.15) is 6.04 Å². The summed E-state index contributed by atoms with van der Waals surface area (Å²) in [6, 6.07) is 6.64. The van der Waals surface area contributed by atoms with Crippen LogP contribution in [0.1, 0.15) is 38.5 Å². The molecule has 2 saturated heterocycles. The SMILES string of the molecule is O=C1CC(N(CCN2CCOCC2)C(=O)C2CCCCC2)C(=O)N1c1ccc(I)cc1. The summed E-state index contributed by atoms with van der Waals surface area (Å²) >= 11 is 2.20. The van der Waals surface area contributed by atoms with Gasteiger partial charge in [0.25, 0.3) is 5.91 Å². The van der Waals surface area contributed by atoms with Crippen molar-refractivity contribution in [1.82, 2.24) is 9.80 Å². The number of carbonyl (C=O) groups excluding carboxylic acids is 3. The smallest absolute Gasteiger partial charge is 0.257 e. The maximum absolute atomic E-state index is 13.5. The molecule has 0 N–H and O–H groups in total. The number of anilines is 1. The molecule has 3 aliphatic rings. The molecule has 0 bridgehead atoms. The highest BCUT2D eigenvalue weighted by Gasteiger charge is 2.45. The fourth-order valence-corrected chi connectivity index (χ4v) is 5.16. The van der Waals surface area contributed by atoms with Gasteiger partial charge in [0.15, 0.2) is 0 Å². The molecule has 8 heteroatoms. The molecule has 1 aromatic carbocycles. The van der Waals surface area contributed by atoms with Crippen molar-refractivity contribution in [2.45, 2.75) is 44.6 Å². The number of nitrogens with zero attached hydrogens (tertiary/aromatic N) is 3. The van der Waals surface area contributed by atoms with Gasteiger partial charge in [-0.3, -0.25) is 19.3 Å². The number of ether oxygens (including phenoxy) is 1. The van der Waals surface area contributed by atoms with E-state index in [1.54, 1.807) is 17.0 Å². The van der Waals surface area contributed by atoms with Crippen molar-refractivity contribution in [3.63, 3.8) is 0 Å². The van der Waals surface area contributed by atoms with Crippen LogP contribution in [0.25, 0.3) is 0 Å². The second-order valence-corrected chi connectivity index (χ2v) is 9.83. The van der Waals surface area contributed by atoms with Crippen LogP contribution >= 0.6 is 22.6 Å². The van der Waals surface area contributed by atoms with Gasteiger partial charge in [-0.05, 0) is 59.7 Å². The van der Waals surface area contributed by atoms with Gasteiger partial charge >= 0.3 is 0 Å². The number of carbonyl (C=O) groups is 3. The molecule has 168 valence electrons. The summed E-state index contributed by atoms with van der Waals surface area (Å²) in [5.74, 6) is -0.501. The molecule has 4 rings (SSSR count). The third-order valence-electron chi connectivity index (χ3n) is 6.58. The largest absolute Gasteiger partial charge is 0.379 e. The number of rotatable bonds is 6. The first-order valence-corrected chi connectivity index (χ1v) is 12.4. The minimum absolute atomic E-state index is 0.0336. The normalized spacial score (nSPS) is 23.4. The van der Waals surface area contributed by atoms with Crippen LogP contribution in [0.3, 0.4) is 0 Å². The van der Waals surface area contributed by atoms with Gasteiger partial charge in [-0.1, -0.05) is 19.3 Å². The van der Waals surface area contributed by atoms with Crippen molar-refractivity contribution >= 4 is 46.0 Å². The van der Waals surface area contributed by atoms with Crippen molar-refractivity contribution in [3.05, 3.63) is 27.8 Å². The Labute approximate surface area is 197 Å². The van der Waals surface area contributed by atoms with E-state index in [1.807, 2.05) is 12.1 Å². The zero-order chi connectivity index (χ0) is 21.8. The van der Waals surface area contributed by atoms with Crippen molar-refractivity contribution < 1.29 is 19.1 Å². The lowest BCUT2D eigenvalue weighted by Gasteiger charge is -2.35. The lowest BCUT2D eigenvalue weighted by molar-refractivity contribution is -0.143. The molecule has 31 heavy (non-hydrogen) atoms. The standard InChI is InChI=1S/C23H30IN3O4/c24-18-6-8-19(9-7-18)27-21(28)16-20(23(27)30)26(11-10-25-12-14-31-15-13-25)22(29)17-4-2-1-3-5-17/h6-9,17,20H,1-5,10-16H2. The molecule has 0 aromatic heterocycles. The summed E-state index contributed by atoms with van der Waals surface area (Å²) in [6.07, 6.45) is 5.09. The maximum Gasteiger partial charge on any atom is 0.257 e. The number of halogens is 1. The maximum atomic E-state index is 13.5. The number of hydrogen-bond acceptors (Lipinski definition) is 5. The summed E-state index contributed by atoms with van der Waals surface area (Å²) in [7, 11) is 0. The van der Waals surface area contributed by atoms with Crippen LogP contribution in [0, 0.1) is 9.49 Å². The molecule has 7 nitrogen and oxygen atoms in total. The highest BCUT2D eigenvalue weighted by atomic mass is 127. The number of imide groups is 1. The van der Waals surface area contributed by atoms with E-state index in [0.717, 1.165) is 42.3 Å². The predicted octanol–water partition coefficient (Wildman–Crippen LogP) is 2.66. The summed E-state index contributed by atoms with van der Waals surface area (Å²) in [5.41, 5.74) is 0.580. The molecular weight excluding hydrogens is 509 g/mol. The zero-order valence-electron chi connectivity index (χ0n) is 17.8. The zero-order valence-corrected chi connectivity index (χ0v) is 20.0. The van der Waals surface area contributed by atoms with Gasteiger partial charge in [-0.2, -0.15) is 0 Å². The second-order valence-electron chi connectivity index (χ2n) is 8.58. The van der Waals surface area contributed by atoms with E-state index in [-0.39, 0.29) is 30.1 Å². The van der Waals surface area contributed by atoms with Gasteiger partial charge in [-0.25, -0.2) is 4.90 Å². The summed E-state index contributed by atoms with van der Waals surface area (Å²) < 4.78 is 6.46. The van der Waals surface area contributed by atoms with Crippen molar-refractivity contribution in [1.29, 1.82) is 0 Å². The Bertz CT molecular complexity index is 804. The highest BCUT2D eigenvalue weighted by Crippen LogP contribution is 2.30. The van der Waals surface area contributed by atoms with Gasteiger partial charge < -0.3 is 9.64 Å². The van der Waals surface area contributed by atoms with E-state index < -0.39 is 6.04 Å². The summed E-state index contributed by atoms with van der Waals surface area (Å²) in [6.45, 7) is 4.22.